The highest BCUT2D eigenvalue weighted by molar-refractivity contribution is 5.78. The van der Waals surface area contributed by atoms with Crippen LogP contribution in [0.4, 0.5) is 4.39 Å². The summed E-state index contributed by atoms with van der Waals surface area (Å²) in [7, 11) is 1.62. The van der Waals surface area contributed by atoms with Crippen LogP contribution in [-0.4, -0.2) is 38.8 Å². The van der Waals surface area contributed by atoms with Crippen molar-refractivity contribution >= 4 is 5.91 Å². The molecule has 2 rings (SSSR count). The van der Waals surface area contributed by atoms with Crippen molar-refractivity contribution in [2.24, 2.45) is 0 Å². The lowest BCUT2D eigenvalue weighted by Crippen LogP contribution is -2.31. The van der Waals surface area contributed by atoms with Crippen molar-refractivity contribution in [1.29, 1.82) is 0 Å². The average Bonchev–Trinajstić information content (AvgIpc) is 3.26. The molecule has 0 radical (unpaired) electrons. The van der Waals surface area contributed by atoms with E-state index in [4.69, 9.17) is 9.47 Å². The molecule has 5 nitrogen and oxygen atoms in total. The van der Waals surface area contributed by atoms with E-state index in [9.17, 15) is 9.18 Å². The van der Waals surface area contributed by atoms with E-state index < -0.39 is 5.82 Å². The maximum atomic E-state index is 13.8. The van der Waals surface area contributed by atoms with Crippen LogP contribution >= 0.6 is 0 Å². The van der Waals surface area contributed by atoms with Gasteiger partial charge in [-0.25, -0.2) is 4.39 Å². The highest BCUT2D eigenvalue weighted by Crippen LogP contribution is 2.23. The third-order valence-corrected chi connectivity index (χ3v) is 3.14. The van der Waals surface area contributed by atoms with Gasteiger partial charge < -0.3 is 20.1 Å². The number of carbonyl (C=O) groups excluding carboxylic acids is 1. The van der Waals surface area contributed by atoms with Gasteiger partial charge in [0.15, 0.2) is 18.2 Å². The van der Waals surface area contributed by atoms with E-state index in [-0.39, 0.29) is 24.3 Å². The van der Waals surface area contributed by atoms with Crippen LogP contribution in [0.2, 0.25) is 0 Å². The monoisotopic (exact) mass is 296 g/mol. The summed E-state index contributed by atoms with van der Waals surface area (Å²) in [5.41, 5.74) is 0.685. The topological polar surface area (TPSA) is 59.6 Å². The first-order chi connectivity index (χ1) is 10.2. The molecule has 0 atom stereocenters. The third kappa shape index (κ3) is 5.32. The maximum absolute atomic E-state index is 13.8. The first-order valence-electron chi connectivity index (χ1n) is 7.10. The summed E-state index contributed by atoms with van der Waals surface area (Å²) in [5.74, 6) is -0.535. The van der Waals surface area contributed by atoms with E-state index in [1.54, 1.807) is 19.2 Å². The standard InChI is InChI=1S/C15H21FN2O3/c1-20-8-7-17-9-11-3-2-4-13(16)15(11)21-10-14(19)18-12-5-6-12/h2-4,12,17H,5-10H2,1H3,(H,18,19). The number of ether oxygens (including phenoxy) is 2. The molecule has 1 aromatic carbocycles. The molecular weight excluding hydrogens is 275 g/mol. The summed E-state index contributed by atoms with van der Waals surface area (Å²) >= 11 is 0. The van der Waals surface area contributed by atoms with Crippen molar-refractivity contribution < 1.29 is 18.7 Å². The zero-order valence-corrected chi connectivity index (χ0v) is 12.2. The number of hydrogen-bond donors (Lipinski definition) is 2. The molecule has 21 heavy (non-hydrogen) atoms. The zero-order valence-electron chi connectivity index (χ0n) is 12.2. The van der Waals surface area contributed by atoms with Crippen LogP contribution in [0.1, 0.15) is 18.4 Å². The van der Waals surface area contributed by atoms with E-state index in [1.165, 1.54) is 6.07 Å². The quantitative estimate of drug-likeness (QED) is 0.673. The summed E-state index contributed by atoms with van der Waals surface area (Å²) in [4.78, 5) is 11.6. The second kappa shape index (κ2) is 7.95. The number of benzene rings is 1. The SMILES string of the molecule is COCCNCc1cccc(F)c1OCC(=O)NC1CC1. The van der Waals surface area contributed by atoms with Crippen LogP contribution in [0.3, 0.4) is 0 Å². The Morgan fingerprint density at radius 2 is 2.24 bits per heavy atom. The Morgan fingerprint density at radius 3 is 2.95 bits per heavy atom. The van der Waals surface area contributed by atoms with Gasteiger partial charge in [-0.15, -0.1) is 0 Å². The summed E-state index contributed by atoms with van der Waals surface area (Å²) in [5, 5.41) is 5.93. The number of hydrogen-bond acceptors (Lipinski definition) is 4. The van der Waals surface area contributed by atoms with Gasteiger partial charge in [-0.3, -0.25) is 4.79 Å². The zero-order chi connectivity index (χ0) is 15.1. The van der Waals surface area contributed by atoms with Crippen LogP contribution in [0, 0.1) is 5.82 Å². The molecule has 1 aliphatic carbocycles. The first kappa shape index (κ1) is 15.7. The molecule has 0 heterocycles. The normalized spacial score (nSPS) is 14.0. The van der Waals surface area contributed by atoms with Gasteiger partial charge in [0, 0.05) is 31.8 Å². The van der Waals surface area contributed by atoms with Crippen LogP contribution in [0.15, 0.2) is 18.2 Å². The minimum Gasteiger partial charge on any atom is -0.480 e. The Kier molecular flexibility index (Phi) is 5.95. The molecule has 0 aliphatic heterocycles. The Balaban J connectivity index is 1.87. The minimum absolute atomic E-state index is 0.133. The Morgan fingerprint density at radius 1 is 1.43 bits per heavy atom. The predicted octanol–water partition coefficient (Wildman–Crippen LogP) is 1.22. The number of nitrogens with one attached hydrogen (secondary N) is 2. The lowest BCUT2D eigenvalue weighted by atomic mass is 10.2. The highest BCUT2D eigenvalue weighted by atomic mass is 19.1. The molecule has 0 aromatic heterocycles. The number of methoxy groups -OCH3 is 1. The molecule has 6 heteroatoms. The van der Waals surface area contributed by atoms with Crippen molar-refractivity contribution in [3.8, 4) is 5.75 Å². The van der Waals surface area contributed by atoms with E-state index >= 15 is 0 Å². The fraction of sp³-hybridized carbons (Fsp3) is 0.533. The van der Waals surface area contributed by atoms with Crippen LogP contribution < -0.4 is 15.4 Å². The first-order valence-corrected chi connectivity index (χ1v) is 7.10. The summed E-state index contributed by atoms with van der Waals surface area (Å²) in [6.45, 7) is 1.53. The molecule has 116 valence electrons. The minimum atomic E-state index is -0.458. The van der Waals surface area contributed by atoms with Crippen molar-refractivity contribution in [1.82, 2.24) is 10.6 Å². The van der Waals surface area contributed by atoms with Crippen LogP contribution in [0.25, 0.3) is 0 Å². The van der Waals surface area contributed by atoms with Gasteiger partial charge in [0.1, 0.15) is 0 Å². The lowest BCUT2D eigenvalue weighted by molar-refractivity contribution is -0.123. The van der Waals surface area contributed by atoms with E-state index in [0.29, 0.717) is 25.3 Å². The van der Waals surface area contributed by atoms with Gasteiger partial charge in [-0.05, 0) is 18.9 Å². The van der Waals surface area contributed by atoms with Crippen molar-refractivity contribution in [3.05, 3.63) is 29.6 Å². The second-order valence-electron chi connectivity index (χ2n) is 5.03. The van der Waals surface area contributed by atoms with Gasteiger partial charge in [0.25, 0.3) is 5.91 Å². The molecule has 0 unspecified atom stereocenters. The smallest absolute Gasteiger partial charge is 0.258 e. The van der Waals surface area contributed by atoms with E-state index in [1.807, 2.05) is 0 Å². The fourth-order valence-corrected chi connectivity index (χ4v) is 1.89. The molecule has 0 bridgehead atoms. The Labute approximate surface area is 123 Å². The molecule has 1 fully saturated rings. The average molecular weight is 296 g/mol. The molecule has 0 spiro atoms. The fourth-order valence-electron chi connectivity index (χ4n) is 1.89. The Bertz CT molecular complexity index is 478. The summed E-state index contributed by atoms with van der Waals surface area (Å²) in [6, 6.07) is 5.00. The molecule has 0 saturated heterocycles. The lowest BCUT2D eigenvalue weighted by Gasteiger charge is -2.13. The molecular formula is C15H21FN2O3. The molecule has 2 N–H and O–H groups in total. The number of amides is 1. The van der Waals surface area contributed by atoms with Gasteiger partial charge >= 0.3 is 0 Å². The van der Waals surface area contributed by atoms with Gasteiger partial charge in [0.05, 0.1) is 6.61 Å². The van der Waals surface area contributed by atoms with Crippen molar-refractivity contribution in [2.45, 2.75) is 25.4 Å². The van der Waals surface area contributed by atoms with Gasteiger partial charge in [0.2, 0.25) is 0 Å². The van der Waals surface area contributed by atoms with E-state index in [2.05, 4.69) is 10.6 Å². The molecule has 1 aliphatic rings. The Hall–Kier alpha value is -1.66. The number of para-hydroxylation sites is 1. The van der Waals surface area contributed by atoms with Gasteiger partial charge in [-0.2, -0.15) is 0 Å². The third-order valence-electron chi connectivity index (χ3n) is 3.14. The van der Waals surface area contributed by atoms with E-state index in [0.717, 1.165) is 12.8 Å². The second-order valence-corrected chi connectivity index (χ2v) is 5.03. The summed E-state index contributed by atoms with van der Waals surface area (Å²) < 4.78 is 24.1. The van der Waals surface area contributed by atoms with Crippen LogP contribution in [-0.2, 0) is 16.1 Å². The van der Waals surface area contributed by atoms with Crippen molar-refractivity contribution in [2.75, 3.05) is 26.9 Å². The molecule has 1 aromatic rings. The summed E-state index contributed by atoms with van der Waals surface area (Å²) in [6.07, 6.45) is 2.03. The predicted molar refractivity (Wildman–Crippen MR) is 76.6 cm³/mol. The largest absolute Gasteiger partial charge is 0.480 e. The molecule has 1 amide bonds. The highest BCUT2D eigenvalue weighted by Gasteiger charge is 2.23. The number of carbonyl (C=O) groups is 1. The van der Waals surface area contributed by atoms with Gasteiger partial charge in [-0.1, -0.05) is 12.1 Å². The van der Waals surface area contributed by atoms with Crippen molar-refractivity contribution in [3.63, 3.8) is 0 Å². The number of halogens is 1. The number of rotatable bonds is 9. The molecule has 1 saturated carbocycles. The maximum Gasteiger partial charge on any atom is 0.258 e. The van der Waals surface area contributed by atoms with Crippen LogP contribution in [0.5, 0.6) is 5.75 Å².